The topological polar surface area (TPSA) is 26.3 Å². The number of ether oxygens (including phenoxy) is 1. The number of fused-ring (bicyclic) bond motifs is 5. The van der Waals surface area contributed by atoms with Crippen LogP contribution in [-0.4, -0.2) is 12.1 Å². The van der Waals surface area contributed by atoms with Gasteiger partial charge >= 0.3 is 5.97 Å². The monoisotopic (exact) mass is 430 g/mol. The fraction of sp³-hybridized carbons (Fsp3) is 0.966. The normalized spacial score (nSPS) is 45.5. The quantitative estimate of drug-likeness (QED) is 0.398. The minimum Gasteiger partial charge on any atom is -0.462 e. The van der Waals surface area contributed by atoms with Gasteiger partial charge in [0, 0.05) is 12.8 Å². The lowest BCUT2D eigenvalue weighted by atomic mass is 9.44. The highest BCUT2D eigenvalue weighted by Gasteiger charge is 2.63. The van der Waals surface area contributed by atoms with Crippen LogP contribution in [0.3, 0.4) is 0 Å². The molecule has 4 fully saturated rings. The summed E-state index contributed by atoms with van der Waals surface area (Å²) in [4.78, 5) is 12.1. The molecule has 2 nitrogen and oxygen atoms in total. The van der Waals surface area contributed by atoms with E-state index in [1.807, 2.05) is 0 Å². The summed E-state index contributed by atoms with van der Waals surface area (Å²) in [6.45, 7) is 14.2. The summed E-state index contributed by atoms with van der Waals surface area (Å²) in [7, 11) is 0. The van der Waals surface area contributed by atoms with Crippen molar-refractivity contribution in [2.24, 2.45) is 52.3 Å². The zero-order valence-electron chi connectivity index (χ0n) is 21.4. The van der Waals surface area contributed by atoms with Crippen LogP contribution >= 0.6 is 0 Å². The number of rotatable bonds is 6. The number of carbonyl (C=O) groups is 1. The maximum absolute atomic E-state index is 12.1. The summed E-state index contributed by atoms with van der Waals surface area (Å²) in [5.41, 5.74) is 0.941. The van der Waals surface area contributed by atoms with Gasteiger partial charge in [0.25, 0.3) is 0 Å². The fourth-order valence-electron chi connectivity index (χ4n) is 9.59. The van der Waals surface area contributed by atoms with Crippen LogP contribution in [-0.2, 0) is 9.53 Å². The van der Waals surface area contributed by atoms with Gasteiger partial charge in [0.2, 0.25) is 0 Å². The Bertz CT molecular complexity index is 641. The molecule has 0 amide bonds. The van der Waals surface area contributed by atoms with Crippen molar-refractivity contribution in [1.29, 1.82) is 0 Å². The third-order valence-electron chi connectivity index (χ3n) is 11.1. The van der Waals surface area contributed by atoms with Crippen LogP contribution in [0.1, 0.15) is 119 Å². The van der Waals surface area contributed by atoms with E-state index < -0.39 is 0 Å². The Hall–Kier alpha value is -0.530. The Labute approximate surface area is 192 Å². The van der Waals surface area contributed by atoms with E-state index in [1.54, 1.807) is 6.92 Å². The third-order valence-corrected chi connectivity index (χ3v) is 11.1. The molecule has 0 aromatic rings. The van der Waals surface area contributed by atoms with Gasteiger partial charge in [-0.15, -0.1) is 0 Å². The standard InChI is InChI=1S/C29H50O2/c1-19(2)10-9-11-20(3)23-13-14-24-27-25(15-17-29(23,24)6)28(5)16-8-7-12-22(28)18-26(27)31-21(4)30/h19-20,22-27H,7-18H2,1-6H3/t20-,22-,23-,24+,25+,26-,27+,28+,29-/m1/s1. The van der Waals surface area contributed by atoms with Crippen LogP contribution in [0.25, 0.3) is 0 Å². The highest BCUT2D eigenvalue weighted by Crippen LogP contribution is 2.68. The second kappa shape index (κ2) is 9.02. The maximum Gasteiger partial charge on any atom is 0.302 e. The minimum atomic E-state index is -0.0490. The van der Waals surface area contributed by atoms with Crippen LogP contribution < -0.4 is 0 Å². The molecule has 0 aliphatic heterocycles. The van der Waals surface area contributed by atoms with E-state index in [4.69, 9.17) is 4.74 Å². The summed E-state index contributed by atoms with van der Waals surface area (Å²) in [6, 6.07) is 0. The van der Waals surface area contributed by atoms with Gasteiger partial charge in [-0.1, -0.05) is 66.7 Å². The van der Waals surface area contributed by atoms with Crippen LogP contribution in [0.5, 0.6) is 0 Å². The lowest BCUT2D eigenvalue weighted by Gasteiger charge is -2.62. The van der Waals surface area contributed by atoms with E-state index in [-0.39, 0.29) is 12.1 Å². The van der Waals surface area contributed by atoms with E-state index in [0.29, 0.717) is 16.7 Å². The molecule has 9 atom stereocenters. The smallest absolute Gasteiger partial charge is 0.302 e. The highest BCUT2D eigenvalue weighted by molar-refractivity contribution is 5.66. The molecule has 0 aromatic carbocycles. The van der Waals surface area contributed by atoms with Crippen molar-refractivity contribution in [3.63, 3.8) is 0 Å². The Morgan fingerprint density at radius 2 is 1.68 bits per heavy atom. The van der Waals surface area contributed by atoms with Crippen LogP contribution in [0.2, 0.25) is 0 Å². The molecule has 178 valence electrons. The molecule has 4 rings (SSSR count). The number of carbonyl (C=O) groups excluding carboxylic acids is 1. The average Bonchev–Trinajstić information content (AvgIpc) is 3.04. The number of hydrogen-bond donors (Lipinski definition) is 0. The molecule has 0 saturated heterocycles. The van der Waals surface area contributed by atoms with Gasteiger partial charge in [-0.25, -0.2) is 0 Å². The summed E-state index contributed by atoms with van der Waals surface area (Å²) in [5, 5.41) is 0. The second-order valence-electron chi connectivity index (χ2n) is 13.2. The van der Waals surface area contributed by atoms with E-state index in [1.165, 1.54) is 70.6 Å². The molecular formula is C29H50O2. The highest BCUT2D eigenvalue weighted by atomic mass is 16.5. The Balaban J connectivity index is 1.57. The number of esters is 1. The van der Waals surface area contributed by atoms with E-state index in [2.05, 4.69) is 34.6 Å². The average molecular weight is 431 g/mol. The first-order chi connectivity index (χ1) is 14.7. The fourth-order valence-corrected chi connectivity index (χ4v) is 9.59. The van der Waals surface area contributed by atoms with Crippen molar-refractivity contribution in [2.45, 2.75) is 125 Å². The van der Waals surface area contributed by atoms with Crippen LogP contribution in [0, 0.1) is 52.3 Å². The SMILES string of the molecule is CC(=O)O[C@@H]1C[C@H]2CCCC[C@]2(C)[C@H]2CC[C@]3(C)[C@@H]([C@H](C)CCCC(C)C)CC[C@H]3[C@H]12. The molecule has 0 aromatic heterocycles. The van der Waals surface area contributed by atoms with Gasteiger partial charge in [-0.3, -0.25) is 4.79 Å². The Kier molecular flexibility index (Phi) is 6.87. The lowest BCUT2D eigenvalue weighted by Crippen LogP contribution is -2.58. The van der Waals surface area contributed by atoms with Gasteiger partial charge in [-0.05, 0) is 91.3 Å². The van der Waals surface area contributed by atoms with Crippen molar-refractivity contribution in [3.05, 3.63) is 0 Å². The third kappa shape index (κ3) is 4.23. The molecule has 0 unspecified atom stereocenters. The molecule has 4 aliphatic carbocycles. The van der Waals surface area contributed by atoms with Crippen molar-refractivity contribution in [2.75, 3.05) is 0 Å². The van der Waals surface area contributed by atoms with Crippen molar-refractivity contribution in [1.82, 2.24) is 0 Å². The van der Waals surface area contributed by atoms with Gasteiger partial charge in [0.1, 0.15) is 6.10 Å². The molecule has 2 heteroatoms. The van der Waals surface area contributed by atoms with E-state index >= 15 is 0 Å². The molecule has 0 N–H and O–H groups in total. The van der Waals surface area contributed by atoms with Crippen LogP contribution in [0.4, 0.5) is 0 Å². The van der Waals surface area contributed by atoms with Crippen molar-refractivity contribution >= 4 is 5.97 Å². The largest absolute Gasteiger partial charge is 0.462 e. The molecule has 31 heavy (non-hydrogen) atoms. The van der Waals surface area contributed by atoms with Crippen molar-refractivity contribution < 1.29 is 9.53 Å². The maximum atomic E-state index is 12.1. The summed E-state index contributed by atoms with van der Waals surface area (Å²) in [5.74, 6) is 5.37. The zero-order valence-corrected chi connectivity index (χ0v) is 21.4. The molecule has 4 aliphatic rings. The summed E-state index contributed by atoms with van der Waals surface area (Å²) < 4.78 is 6.16. The first-order valence-corrected chi connectivity index (χ1v) is 13.8. The summed E-state index contributed by atoms with van der Waals surface area (Å²) >= 11 is 0. The first-order valence-electron chi connectivity index (χ1n) is 13.8. The first kappa shape index (κ1) is 23.6. The minimum absolute atomic E-state index is 0.0490. The van der Waals surface area contributed by atoms with Gasteiger partial charge in [0.15, 0.2) is 0 Å². The Morgan fingerprint density at radius 3 is 2.39 bits per heavy atom. The van der Waals surface area contributed by atoms with E-state index in [0.717, 1.165) is 41.9 Å². The van der Waals surface area contributed by atoms with Gasteiger partial charge in [-0.2, -0.15) is 0 Å². The van der Waals surface area contributed by atoms with Crippen LogP contribution in [0.15, 0.2) is 0 Å². The predicted molar refractivity (Wildman–Crippen MR) is 129 cm³/mol. The zero-order chi connectivity index (χ0) is 22.4. The number of hydrogen-bond acceptors (Lipinski definition) is 2. The summed E-state index contributed by atoms with van der Waals surface area (Å²) in [6.07, 6.45) is 16.6. The molecule has 0 spiro atoms. The second-order valence-corrected chi connectivity index (χ2v) is 13.2. The van der Waals surface area contributed by atoms with Crippen molar-refractivity contribution in [3.8, 4) is 0 Å². The van der Waals surface area contributed by atoms with Gasteiger partial charge in [0.05, 0.1) is 0 Å². The Morgan fingerprint density at radius 1 is 0.935 bits per heavy atom. The lowest BCUT2D eigenvalue weighted by molar-refractivity contribution is -0.189. The molecule has 0 radical (unpaired) electrons. The molecule has 0 bridgehead atoms. The van der Waals surface area contributed by atoms with E-state index in [9.17, 15) is 4.79 Å². The molecule has 4 saturated carbocycles. The molecule has 0 heterocycles. The predicted octanol–water partition coefficient (Wildman–Crippen LogP) is 8.04. The van der Waals surface area contributed by atoms with Gasteiger partial charge < -0.3 is 4.74 Å². The molecular weight excluding hydrogens is 380 g/mol.